The Hall–Kier alpha value is -1.06. The molecule has 0 saturated heterocycles. The molecule has 4 heteroatoms. The summed E-state index contributed by atoms with van der Waals surface area (Å²) < 4.78 is 10.4. The lowest BCUT2D eigenvalue weighted by molar-refractivity contribution is -0.141. The summed E-state index contributed by atoms with van der Waals surface area (Å²) in [4.78, 5) is 10.5. The summed E-state index contributed by atoms with van der Waals surface area (Å²) in [6, 6.07) is 7.83. The van der Waals surface area contributed by atoms with Crippen molar-refractivity contribution in [2.24, 2.45) is 0 Å². The molecule has 0 bridgehead atoms. The molecule has 0 aliphatic rings. The lowest BCUT2D eigenvalue weighted by Gasteiger charge is -2.05. The Morgan fingerprint density at radius 1 is 1.05 bits per heavy atom. The van der Waals surface area contributed by atoms with E-state index in [1.54, 1.807) is 0 Å². The van der Waals surface area contributed by atoms with E-state index in [0.29, 0.717) is 6.61 Å². The molecular formula is C15H21ClO3. The van der Waals surface area contributed by atoms with Crippen LogP contribution in [0.15, 0.2) is 24.3 Å². The van der Waals surface area contributed by atoms with Crippen LogP contribution in [-0.4, -0.2) is 25.8 Å². The molecule has 0 heterocycles. The predicted octanol–water partition coefficient (Wildman–Crippen LogP) is 3.63. The average Bonchev–Trinajstić information content (AvgIpc) is 2.38. The van der Waals surface area contributed by atoms with E-state index >= 15 is 0 Å². The third-order valence-electron chi connectivity index (χ3n) is 2.69. The summed E-state index contributed by atoms with van der Waals surface area (Å²) in [6.45, 7) is 3.43. The molecule has 3 nitrogen and oxygen atoms in total. The van der Waals surface area contributed by atoms with Gasteiger partial charge in [-0.2, -0.15) is 0 Å². The molecule has 1 aromatic rings. The van der Waals surface area contributed by atoms with Crippen LogP contribution >= 0.6 is 11.6 Å². The highest BCUT2D eigenvalue weighted by Gasteiger charge is 1.96. The quantitative estimate of drug-likeness (QED) is 0.513. The van der Waals surface area contributed by atoms with Crippen LogP contribution in [0, 0.1) is 0 Å². The lowest BCUT2D eigenvalue weighted by Crippen LogP contribution is -2.02. The van der Waals surface area contributed by atoms with Crippen LogP contribution in [0.5, 0.6) is 0 Å². The van der Waals surface area contributed by atoms with Gasteiger partial charge in [0, 0.05) is 18.6 Å². The van der Waals surface area contributed by atoms with Gasteiger partial charge in [0.15, 0.2) is 0 Å². The lowest BCUT2D eigenvalue weighted by atomic mass is 10.2. The van der Waals surface area contributed by atoms with E-state index < -0.39 is 0 Å². The first-order valence-corrected chi connectivity index (χ1v) is 7.02. The van der Waals surface area contributed by atoms with Crippen molar-refractivity contribution < 1.29 is 14.3 Å². The first-order valence-electron chi connectivity index (χ1n) is 6.64. The number of esters is 1. The second kappa shape index (κ2) is 9.82. The Kier molecular flexibility index (Phi) is 8.26. The smallest absolute Gasteiger partial charge is 0.302 e. The molecule has 0 fully saturated rings. The highest BCUT2D eigenvalue weighted by Crippen LogP contribution is 2.10. The van der Waals surface area contributed by atoms with E-state index in [1.165, 1.54) is 12.5 Å². The maximum absolute atomic E-state index is 10.5. The van der Waals surface area contributed by atoms with Gasteiger partial charge < -0.3 is 9.47 Å². The van der Waals surface area contributed by atoms with E-state index in [-0.39, 0.29) is 5.97 Å². The Morgan fingerprint density at radius 2 is 1.74 bits per heavy atom. The number of halogens is 1. The maximum Gasteiger partial charge on any atom is 0.302 e. The standard InChI is InChI=1S/C15H21ClO3/c1-13(17)19-11-4-2-3-10-18-12-9-14-5-7-15(16)8-6-14/h5-8H,2-4,9-12H2,1H3. The van der Waals surface area contributed by atoms with Crippen molar-refractivity contribution in [3.63, 3.8) is 0 Å². The number of hydrogen-bond acceptors (Lipinski definition) is 3. The van der Waals surface area contributed by atoms with E-state index in [4.69, 9.17) is 21.1 Å². The Balaban J connectivity index is 1.91. The molecule has 0 aliphatic heterocycles. The van der Waals surface area contributed by atoms with Gasteiger partial charge in [-0.3, -0.25) is 4.79 Å². The summed E-state index contributed by atoms with van der Waals surface area (Å²) in [5.41, 5.74) is 1.24. The fourth-order valence-corrected chi connectivity index (χ4v) is 1.77. The normalized spacial score (nSPS) is 10.4. The summed E-state index contributed by atoms with van der Waals surface area (Å²) >= 11 is 5.81. The minimum absolute atomic E-state index is 0.209. The zero-order chi connectivity index (χ0) is 13.9. The van der Waals surface area contributed by atoms with Crippen molar-refractivity contribution in [2.45, 2.75) is 32.6 Å². The monoisotopic (exact) mass is 284 g/mol. The van der Waals surface area contributed by atoms with Gasteiger partial charge in [-0.15, -0.1) is 0 Å². The first kappa shape index (κ1) is 16.0. The van der Waals surface area contributed by atoms with E-state index in [0.717, 1.165) is 43.9 Å². The van der Waals surface area contributed by atoms with Crippen molar-refractivity contribution in [1.82, 2.24) is 0 Å². The first-order chi connectivity index (χ1) is 9.18. The SMILES string of the molecule is CC(=O)OCCCCCOCCc1ccc(Cl)cc1. The van der Waals surface area contributed by atoms with Crippen LogP contribution in [0.4, 0.5) is 0 Å². The summed E-state index contributed by atoms with van der Waals surface area (Å²) in [7, 11) is 0. The summed E-state index contributed by atoms with van der Waals surface area (Å²) in [6.07, 6.45) is 3.83. The third-order valence-corrected chi connectivity index (χ3v) is 2.94. The minimum atomic E-state index is -0.209. The highest BCUT2D eigenvalue weighted by molar-refractivity contribution is 6.30. The van der Waals surface area contributed by atoms with Gasteiger partial charge in [0.1, 0.15) is 0 Å². The van der Waals surface area contributed by atoms with Gasteiger partial charge in [0.05, 0.1) is 13.2 Å². The molecule has 0 radical (unpaired) electrons. The molecule has 0 aromatic heterocycles. The van der Waals surface area contributed by atoms with Gasteiger partial charge >= 0.3 is 5.97 Å². The van der Waals surface area contributed by atoms with Crippen molar-refractivity contribution in [3.05, 3.63) is 34.9 Å². The second-order valence-corrected chi connectivity index (χ2v) is 4.83. The molecule has 19 heavy (non-hydrogen) atoms. The van der Waals surface area contributed by atoms with E-state index in [2.05, 4.69) is 0 Å². The predicted molar refractivity (Wildman–Crippen MR) is 76.5 cm³/mol. The third kappa shape index (κ3) is 8.62. The van der Waals surface area contributed by atoms with Crippen LogP contribution in [0.2, 0.25) is 5.02 Å². The molecule has 0 unspecified atom stereocenters. The molecule has 1 rings (SSSR count). The topological polar surface area (TPSA) is 35.5 Å². The Morgan fingerprint density at radius 3 is 2.42 bits per heavy atom. The number of rotatable bonds is 9. The van der Waals surface area contributed by atoms with Gasteiger partial charge in [-0.1, -0.05) is 23.7 Å². The zero-order valence-corrected chi connectivity index (χ0v) is 12.1. The fraction of sp³-hybridized carbons (Fsp3) is 0.533. The molecule has 0 amide bonds. The average molecular weight is 285 g/mol. The minimum Gasteiger partial charge on any atom is -0.466 e. The second-order valence-electron chi connectivity index (χ2n) is 4.39. The largest absolute Gasteiger partial charge is 0.466 e. The van der Waals surface area contributed by atoms with E-state index in [1.807, 2.05) is 24.3 Å². The number of ether oxygens (including phenoxy) is 2. The number of carbonyl (C=O) groups is 1. The molecule has 1 aromatic carbocycles. The Bertz CT molecular complexity index is 362. The zero-order valence-electron chi connectivity index (χ0n) is 11.4. The van der Waals surface area contributed by atoms with Crippen LogP contribution < -0.4 is 0 Å². The highest BCUT2D eigenvalue weighted by atomic mass is 35.5. The molecule has 0 saturated carbocycles. The summed E-state index contributed by atoms with van der Waals surface area (Å²) in [5, 5.41) is 0.762. The molecule has 106 valence electrons. The van der Waals surface area contributed by atoms with Crippen LogP contribution in [-0.2, 0) is 20.7 Å². The van der Waals surface area contributed by atoms with Crippen molar-refractivity contribution in [3.8, 4) is 0 Å². The van der Waals surface area contributed by atoms with Crippen molar-refractivity contribution in [1.29, 1.82) is 0 Å². The van der Waals surface area contributed by atoms with E-state index in [9.17, 15) is 4.79 Å². The molecule has 0 N–H and O–H groups in total. The van der Waals surface area contributed by atoms with Crippen molar-refractivity contribution in [2.75, 3.05) is 19.8 Å². The molecule has 0 aliphatic carbocycles. The number of hydrogen-bond donors (Lipinski definition) is 0. The molecule has 0 spiro atoms. The van der Waals surface area contributed by atoms with Crippen LogP contribution in [0.1, 0.15) is 31.7 Å². The maximum atomic E-state index is 10.5. The van der Waals surface area contributed by atoms with Crippen LogP contribution in [0.25, 0.3) is 0 Å². The van der Waals surface area contributed by atoms with Crippen LogP contribution in [0.3, 0.4) is 0 Å². The fourth-order valence-electron chi connectivity index (χ4n) is 1.64. The summed E-state index contributed by atoms with van der Waals surface area (Å²) in [5.74, 6) is -0.209. The van der Waals surface area contributed by atoms with Gasteiger partial charge in [-0.25, -0.2) is 0 Å². The van der Waals surface area contributed by atoms with Gasteiger partial charge in [0.2, 0.25) is 0 Å². The number of unbranched alkanes of at least 4 members (excludes halogenated alkanes) is 2. The van der Waals surface area contributed by atoms with Crippen molar-refractivity contribution >= 4 is 17.6 Å². The number of carbonyl (C=O) groups excluding carboxylic acids is 1. The Labute approximate surface area is 119 Å². The van der Waals surface area contributed by atoms with Gasteiger partial charge in [0.25, 0.3) is 0 Å². The number of benzene rings is 1. The molecule has 0 atom stereocenters. The molecular weight excluding hydrogens is 264 g/mol. The van der Waals surface area contributed by atoms with Gasteiger partial charge in [-0.05, 0) is 43.4 Å².